The van der Waals surface area contributed by atoms with Gasteiger partial charge in [0.1, 0.15) is 16.8 Å². The Balaban J connectivity index is 1.96. The van der Waals surface area contributed by atoms with Gasteiger partial charge in [0, 0.05) is 25.4 Å². The van der Waals surface area contributed by atoms with Gasteiger partial charge in [-0.05, 0) is 24.6 Å². The van der Waals surface area contributed by atoms with Crippen molar-refractivity contribution in [2.24, 2.45) is 7.05 Å². The predicted molar refractivity (Wildman–Crippen MR) is 117 cm³/mol. The maximum absolute atomic E-state index is 15.2. The number of aryl methyl sites for hydroxylation is 1. The average molecular weight is 419 g/mol. The molecule has 0 radical (unpaired) electrons. The van der Waals surface area contributed by atoms with Crippen molar-refractivity contribution in [3.05, 3.63) is 99.9 Å². The van der Waals surface area contributed by atoms with Gasteiger partial charge in [0.2, 0.25) is 0 Å². The molecular weight excluding hydrogens is 397 g/mol. The van der Waals surface area contributed by atoms with Crippen molar-refractivity contribution in [1.82, 2.24) is 14.9 Å². The number of para-hydroxylation sites is 1. The van der Waals surface area contributed by atoms with E-state index in [4.69, 9.17) is 4.74 Å². The lowest BCUT2D eigenvalue weighted by Gasteiger charge is -2.21. The Morgan fingerprint density at radius 3 is 2.42 bits per heavy atom. The first-order valence-electron chi connectivity index (χ1n) is 9.96. The van der Waals surface area contributed by atoms with E-state index in [0.29, 0.717) is 17.9 Å². The minimum atomic E-state index is -0.866. The second-order valence-electron chi connectivity index (χ2n) is 7.15. The number of nitrogens with zero attached hydrogens (tertiary/aromatic N) is 1. The number of fused-ring (bicyclic) bond motifs is 1. The van der Waals surface area contributed by atoms with Crippen LogP contribution in [0, 0.1) is 5.82 Å². The van der Waals surface area contributed by atoms with Crippen LogP contribution in [0.4, 0.5) is 4.39 Å². The number of aromatic amines is 1. The molecule has 2 aromatic carbocycles. The summed E-state index contributed by atoms with van der Waals surface area (Å²) in [6.45, 7) is 2.07. The minimum Gasteiger partial charge on any atom is -0.481 e. The van der Waals surface area contributed by atoms with Crippen LogP contribution in [0.1, 0.15) is 34.6 Å². The normalized spacial score (nSPS) is 12.0. The molecule has 31 heavy (non-hydrogen) atoms. The summed E-state index contributed by atoms with van der Waals surface area (Å²) in [6, 6.07) is 18.7. The van der Waals surface area contributed by atoms with Gasteiger partial charge in [-0.25, -0.2) is 4.39 Å². The zero-order chi connectivity index (χ0) is 22.0. The van der Waals surface area contributed by atoms with E-state index in [-0.39, 0.29) is 16.6 Å². The lowest BCUT2D eigenvalue weighted by molar-refractivity contribution is 0.0947. The molecule has 158 valence electrons. The number of H-pyrrole nitrogens is 1. The van der Waals surface area contributed by atoms with Gasteiger partial charge in [0.05, 0.1) is 5.52 Å². The van der Waals surface area contributed by atoms with Gasteiger partial charge >= 0.3 is 0 Å². The number of aromatic nitrogens is 2. The van der Waals surface area contributed by atoms with Crippen molar-refractivity contribution in [2.75, 3.05) is 6.54 Å². The number of nitrogens with one attached hydrogen (secondary N) is 2. The molecule has 2 N–H and O–H groups in total. The number of pyridine rings is 1. The van der Waals surface area contributed by atoms with Gasteiger partial charge in [0.15, 0.2) is 11.9 Å². The Morgan fingerprint density at radius 2 is 1.77 bits per heavy atom. The van der Waals surface area contributed by atoms with Crippen LogP contribution in [0.3, 0.4) is 0 Å². The van der Waals surface area contributed by atoms with E-state index in [1.165, 1.54) is 4.57 Å². The van der Waals surface area contributed by atoms with E-state index < -0.39 is 23.4 Å². The molecule has 0 fully saturated rings. The van der Waals surface area contributed by atoms with Crippen molar-refractivity contribution in [3.8, 4) is 5.75 Å². The van der Waals surface area contributed by atoms with Gasteiger partial charge < -0.3 is 19.6 Å². The van der Waals surface area contributed by atoms with Crippen LogP contribution >= 0.6 is 0 Å². The quantitative estimate of drug-likeness (QED) is 0.497. The second-order valence-corrected chi connectivity index (χ2v) is 7.15. The highest BCUT2D eigenvalue weighted by Crippen LogP contribution is 2.33. The summed E-state index contributed by atoms with van der Waals surface area (Å²) < 4.78 is 22.8. The number of benzene rings is 2. The Labute approximate surface area is 178 Å². The van der Waals surface area contributed by atoms with E-state index in [9.17, 15) is 9.59 Å². The molecule has 7 heteroatoms. The van der Waals surface area contributed by atoms with Gasteiger partial charge in [-0.3, -0.25) is 9.59 Å². The van der Waals surface area contributed by atoms with Crippen molar-refractivity contribution in [3.63, 3.8) is 0 Å². The summed E-state index contributed by atoms with van der Waals surface area (Å²) in [5.41, 5.74) is 0.802. The van der Waals surface area contributed by atoms with E-state index in [2.05, 4.69) is 10.3 Å². The van der Waals surface area contributed by atoms with Crippen LogP contribution in [0.25, 0.3) is 10.9 Å². The minimum absolute atomic E-state index is 0.168. The molecule has 6 nitrogen and oxygen atoms in total. The third kappa shape index (κ3) is 3.82. The first-order chi connectivity index (χ1) is 15.0. The number of rotatable bonds is 6. The predicted octanol–water partition coefficient (Wildman–Crippen LogP) is 3.92. The summed E-state index contributed by atoms with van der Waals surface area (Å²) in [6.07, 6.45) is 0.973. The summed E-state index contributed by atoms with van der Waals surface area (Å²) >= 11 is 0. The highest BCUT2D eigenvalue weighted by atomic mass is 19.1. The van der Waals surface area contributed by atoms with Crippen LogP contribution in [0.5, 0.6) is 5.75 Å². The zero-order valence-corrected chi connectivity index (χ0v) is 17.2. The molecule has 4 rings (SSSR count). The van der Waals surface area contributed by atoms with Gasteiger partial charge in [0.25, 0.3) is 11.5 Å². The topological polar surface area (TPSA) is 76.1 Å². The lowest BCUT2D eigenvalue weighted by Crippen LogP contribution is -2.24. The molecule has 0 saturated heterocycles. The van der Waals surface area contributed by atoms with E-state index in [1.54, 1.807) is 20.2 Å². The third-order valence-corrected chi connectivity index (χ3v) is 5.04. The zero-order valence-electron chi connectivity index (χ0n) is 17.2. The number of amides is 1. The molecule has 1 atom stereocenters. The average Bonchev–Trinajstić information content (AvgIpc) is 3.14. The monoisotopic (exact) mass is 419 g/mol. The summed E-state index contributed by atoms with van der Waals surface area (Å²) in [7, 11) is 1.55. The maximum Gasteiger partial charge on any atom is 0.270 e. The Kier molecular flexibility index (Phi) is 5.58. The second kappa shape index (κ2) is 8.47. The number of hydrogen-bond acceptors (Lipinski definition) is 3. The first kappa shape index (κ1) is 20.4. The van der Waals surface area contributed by atoms with Crippen molar-refractivity contribution in [2.45, 2.75) is 13.0 Å². The number of hydrogen-bond donors (Lipinski definition) is 2. The molecule has 0 spiro atoms. The van der Waals surface area contributed by atoms with E-state index in [0.717, 1.165) is 5.56 Å². The highest BCUT2D eigenvalue weighted by Gasteiger charge is 2.27. The van der Waals surface area contributed by atoms with Crippen LogP contribution in [0.15, 0.2) is 71.7 Å². The van der Waals surface area contributed by atoms with E-state index >= 15 is 4.39 Å². The van der Waals surface area contributed by atoms with Crippen LogP contribution in [-0.2, 0) is 7.05 Å². The molecule has 4 aromatic rings. The fourth-order valence-corrected chi connectivity index (χ4v) is 3.58. The molecule has 1 unspecified atom stereocenters. The first-order valence-corrected chi connectivity index (χ1v) is 9.96. The lowest BCUT2D eigenvalue weighted by atomic mass is 10.0. The highest BCUT2D eigenvalue weighted by molar-refractivity contribution is 5.99. The maximum atomic E-state index is 15.2. The smallest absolute Gasteiger partial charge is 0.270 e. The van der Waals surface area contributed by atoms with Gasteiger partial charge in [-0.15, -0.1) is 0 Å². The molecule has 2 heterocycles. The van der Waals surface area contributed by atoms with Gasteiger partial charge in [-0.1, -0.05) is 48.5 Å². The molecular formula is C24H22FN3O3. The van der Waals surface area contributed by atoms with Gasteiger partial charge in [-0.2, -0.15) is 0 Å². The number of carbonyl (C=O) groups is 1. The Bertz CT molecular complexity index is 1280. The van der Waals surface area contributed by atoms with Crippen molar-refractivity contribution in [1.29, 1.82) is 0 Å². The standard InChI is InChI=1S/C24H22FN3O3/c1-3-26-23(29)21-19(25)18-20(27-21)17(14-28(2)24(18)30)22(15-10-6-4-7-11-15)31-16-12-8-5-9-13-16/h4-14,22,27H,3H2,1-2H3,(H,26,29). The van der Waals surface area contributed by atoms with Crippen LogP contribution in [0.2, 0.25) is 0 Å². The molecule has 0 aliphatic rings. The fraction of sp³-hybridized carbons (Fsp3) is 0.167. The molecule has 1 amide bonds. The largest absolute Gasteiger partial charge is 0.481 e. The van der Waals surface area contributed by atoms with Crippen molar-refractivity contribution < 1.29 is 13.9 Å². The molecule has 2 aromatic heterocycles. The Hall–Kier alpha value is -3.87. The van der Waals surface area contributed by atoms with Crippen molar-refractivity contribution >= 4 is 16.8 Å². The molecule has 0 aliphatic carbocycles. The van der Waals surface area contributed by atoms with Crippen LogP contribution < -0.4 is 15.6 Å². The SMILES string of the molecule is CCNC(=O)c1[nH]c2c(C(Oc3ccccc3)c3ccccc3)cn(C)c(=O)c2c1F. The van der Waals surface area contributed by atoms with E-state index in [1.807, 2.05) is 60.7 Å². The number of halogens is 1. The molecule has 0 bridgehead atoms. The Morgan fingerprint density at radius 1 is 1.13 bits per heavy atom. The fourth-order valence-electron chi connectivity index (χ4n) is 3.58. The van der Waals surface area contributed by atoms with Crippen LogP contribution in [-0.4, -0.2) is 22.0 Å². The summed E-state index contributed by atoms with van der Waals surface area (Å²) in [5, 5.41) is 2.40. The molecule has 0 saturated carbocycles. The number of carbonyl (C=O) groups excluding carboxylic acids is 1. The summed E-state index contributed by atoms with van der Waals surface area (Å²) in [4.78, 5) is 27.9. The third-order valence-electron chi connectivity index (χ3n) is 5.04. The summed E-state index contributed by atoms with van der Waals surface area (Å²) in [5.74, 6) is -0.853. The molecule has 0 aliphatic heterocycles. The number of ether oxygens (including phenoxy) is 1.